The molecule has 4 aromatic heterocycles. The van der Waals surface area contributed by atoms with Gasteiger partial charge in [0.05, 0.1) is 18.0 Å². The summed E-state index contributed by atoms with van der Waals surface area (Å²) >= 11 is 0. The van der Waals surface area contributed by atoms with Crippen LogP contribution in [0, 0.1) is 6.92 Å². The monoisotopic (exact) mass is 469 g/mol. The molecule has 0 saturated carbocycles. The number of anilines is 1. The fourth-order valence-electron chi connectivity index (χ4n) is 4.17. The standard InChI is InChI=1S/C25H23N7O3/c1-14-4-5-17(23-28-25(35-30-23)21-10-15(2)34-21)11-19(14)27-24(33)20-13-26-22-12-16(6-9-32(20)22)18-7-8-31(3)29-18/h4-9,11-13,15,21H,10H2,1-3H3,(H,27,33)/t15-,21?/m1/s1. The number of pyridine rings is 1. The van der Waals surface area contributed by atoms with Crippen molar-refractivity contribution in [2.75, 3.05) is 5.32 Å². The number of ether oxygens (including phenoxy) is 1. The number of aromatic nitrogens is 6. The van der Waals surface area contributed by atoms with Crippen molar-refractivity contribution < 1.29 is 14.1 Å². The number of rotatable bonds is 5. The summed E-state index contributed by atoms with van der Waals surface area (Å²) in [5.41, 5.74) is 5.18. The van der Waals surface area contributed by atoms with Crippen molar-refractivity contribution in [1.82, 2.24) is 29.3 Å². The zero-order valence-corrected chi connectivity index (χ0v) is 19.5. The highest BCUT2D eigenvalue weighted by Crippen LogP contribution is 2.34. The summed E-state index contributed by atoms with van der Waals surface area (Å²) < 4.78 is 14.5. The second-order valence-electron chi connectivity index (χ2n) is 8.77. The number of carbonyl (C=O) groups is 1. The van der Waals surface area contributed by atoms with Crippen LogP contribution in [0.4, 0.5) is 5.69 Å². The Morgan fingerprint density at radius 2 is 2.00 bits per heavy atom. The lowest BCUT2D eigenvalue weighted by Crippen LogP contribution is -2.27. The molecule has 5 aromatic rings. The molecule has 1 amide bonds. The molecule has 5 heterocycles. The Balaban J connectivity index is 1.24. The predicted octanol–water partition coefficient (Wildman–Crippen LogP) is 4.20. The Morgan fingerprint density at radius 1 is 1.14 bits per heavy atom. The van der Waals surface area contributed by atoms with Crippen molar-refractivity contribution in [3.05, 3.63) is 72.1 Å². The van der Waals surface area contributed by atoms with Gasteiger partial charge in [0.2, 0.25) is 5.82 Å². The second-order valence-corrected chi connectivity index (χ2v) is 8.77. The van der Waals surface area contributed by atoms with Gasteiger partial charge < -0.3 is 14.6 Å². The highest BCUT2D eigenvalue weighted by molar-refractivity contribution is 6.04. The van der Waals surface area contributed by atoms with Gasteiger partial charge in [-0.05, 0) is 43.7 Å². The minimum atomic E-state index is -0.269. The molecule has 1 fully saturated rings. The van der Waals surface area contributed by atoms with Crippen LogP contribution in [0.3, 0.4) is 0 Å². The van der Waals surface area contributed by atoms with Crippen LogP contribution in [0.15, 0.2) is 59.5 Å². The van der Waals surface area contributed by atoms with Crippen LogP contribution in [0.1, 0.15) is 41.4 Å². The molecule has 1 aromatic carbocycles. The number of fused-ring (bicyclic) bond motifs is 1. The number of benzene rings is 1. The Bertz CT molecular complexity index is 1560. The maximum atomic E-state index is 13.2. The van der Waals surface area contributed by atoms with Gasteiger partial charge in [0.25, 0.3) is 11.8 Å². The van der Waals surface area contributed by atoms with Crippen LogP contribution in [0.5, 0.6) is 0 Å². The number of imidazole rings is 1. The number of hydrogen-bond donors (Lipinski definition) is 1. The summed E-state index contributed by atoms with van der Waals surface area (Å²) in [5, 5.41) is 11.5. The van der Waals surface area contributed by atoms with Crippen molar-refractivity contribution in [3.8, 4) is 22.6 Å². The average molecular weight is 470 g/mol. The molecule has 2 atom stereocenters. The number of hydrogen-bond acceptors (Lipinski definition) is 7. The van der Waals surface area contributed by atoms with Gasteiger partial charge in [-0.15, -0.1) is 0 Å². The van der Waals surface area contributed by atoms with Gasteiger partial charge in [0.1, 0.15) is 17.4 Å². The quantitative estimate of drug-likeness (QED) is 0.411. The highest BCUT2D eigenvalue weighted by atomic mass is 16.5. The number of aryl methyl sites for hydroxylation is 2. The minimum Gasteiger partial charge on any atom is -0.365 e. The van der Waals surface area contributed by atoms with Crippen LogP contribution in [-0.4, -0.2) is 41.3 Å². The van der Waals surface area contributed by atoms with Gasteiger partial charge in [-0.2, -0.15) is 10.1 Å². The number of nitrogens with one attached hydrogen (secondary N) is 1. The summed E-state index contributed by atoms with van der Waals surface area (Å²) in [6, 6.07) is 11.4. The third-order valence-electron chi connectivity index (χ3n) is 6.16. The molecule has 1 N–H and O–H groups in total. The molecule has 1 saturated heterocycles. The minimum absolute atomic E-state index is 0.149. The van der Waals surface area contributed by atoms with E-state index in [0.717, 1.165) is 28.8 Å². The van der Waals surface area contributed by atoms with Gasteiger partial charge in [0.15, 0.2) is 0 Å². The Kier molecular flexibility index (Phi) is 4.96. The van der Waals surface area contributed by atoms with Crippen LogP contribution in [0.25, 0.3) is 28.3 Å². The first-order valence-electron chi connectivity index (χ1n) is 11.3. The van der Waals surface area contributed by atoms with Crippen LogP contribution in [-0.2, 0) is 11.8 Å². The Labute approximate surface area is 200 Å². The summed E-state index contributed by atoms with van der Waals surface area (Å²) in [6.07, 6.45) is 6.20. The first-order valence-corrected chi connectivity index (χ1v) is 11.3. The zero-order chi connectivity index (χ0) is 24.1. The van der Waals surface area contributed by atoms with Gasteiger partial charge in [0, 0.05) is 42.7 Å². The van der Waals surface area contributed by atoms with E-state index in [2.05, 4.69) is 25.5 Å². The summed E-state index contributed by atoms with van der Waals surface area (Å²) in [6.45, 7) is 3.93. The van der Waals surface area contributed by atoms with Gasteiger partial charge in [-0.3, -0.25) is 13.9 Å². The molecule has 0 spiro atoms. The Hall–Kier alpha value is -4.31. The lowest BCUT2D eigenvalue weighted by molar-refractivity contribution is -0.129. The van der Waals surface area contributed by atoms with E-state index in [1.807, 2.05) is 69.7 Å². The van der Waals surface area contributed by atoms with E-state index in [1.54, 1.807) is 15.3 Å². The van der Waals surface area contributed by atoms with E-state index < -0.39 is 0 Å². The molecule has 10 nitrogen and oxygen atoms in total. The van der Waals surface area contributed by atoms with Crippen LogP contribution in [0.2, 0.25) is 0 Å². The summed E-state index contributed by atoms with van der Waals surface area (Å²) in [7, 11) is 1.87. The number of amides is 1. The molecule has 0 bridgehead atoms. The second kappa shape index (κ2) is 8.17. The lowest BCUT2D eigenvalue weighted by atomic mass is 10.1. The largest absolute Gasteiger partial charge is 0.365 e. The molecular formula is C25H23N7O3. The van der Waals surface area contributed by atoms with E-state index in [-0.39, 0.29) is 18.1 Å². The fourth-order valence-corrected chi connectivity index (χ4v) is 4.17. The predicted molar refractivity (Wildman–Crippen MR) is 128 cm³/mol. The van der Waals surface area contributed by atoms with Crippen LogP contribution < -0.4 is 5.32 Å². The number of nitrogens with zero attached hydrogens (tertiary/aromatic N) is 6. The fraction of sp³-hybridized carbons (Fsp3) is 0.240. The molecule has 176 valence electrons. The van der Waals surface area contributed by atoms with Crippen molar-refractivity contribution in [2.24, 2.45) is 7.05 Å². The van der Waals surface area contributed by atoms with E-state index in [4.69, 9.17) is 9.26 Å². The van der Waals surface area contributed by atoms with E-state index in [9.17, 15) is 4.79 Å². The molecule has 6 rings (SSSR count). The average Bonchev–Trinajstić information content (AvgIpc) is 3.57. The van der Waals surface area contributed by atoms with E-state index in [1.165, 1.54) is 0 Å². The maximum absolute atomic E-state index is 13.2. The zero-order valence-electron chi connectivity index (χ0n) is 19.5. The molecule has 35 heavy (non-hydrogen) atoms. The maximum Gasteiger partial charge on any atom is 0.274 e. The van der Waals surface area contributed by atoms with E-state index >= 15 is 0 Å². The molecule has 1 aliphatic rings. The van der Waals surface area contributed by atoms with Crippen molar-refractivity contribution in [2.45, 2.75) is 32.5 Å². The third kappa shape index (κ3) is 3.87. The SMILES string of the molecule is Cc1ccc(-c2noc(C3C[C@@H](C)O3)n2)cc1NC(=O)c1cnc2cc(-c3ccn(C)n3)ccn12. The molecule has 10 heteroatoms. The van der Waals surface area contributed by atoms with E-state index in [0.29, 0.717) is 28.7 Å². The van der Waals surface area contributed by atoms with Crippen molar-refractivity contribution in [3.63, 3.8) is 0 Å². The van der Waals surface area contributed by atoms with Crippen molar-refractivity contribution in [1.29, 1.82) is 0 Å². The summed E-state index contributed by atoms with van der Waals surface area (Å²) in [4.78, 5) is 22.1. The summed E-state index contributed by atoms with van der Waals surface area (Å²) in [5.74, 6) is 0.657. The normalized spacial score (nSPS) is 17.5. The highest BCUT2D eigenvalue weighted by Gasteiger charge is 2.32. The van der Waals surface area contributed by atoms with Gasteiger partial charge in [-0.1, -0.05) is 17.3 Å². The molecule has 1 aliphatic heterocycles. The first kappa shape index (κ1) is 21.2. The molecule has 1 unspecified atom stereocenters. The van der Waals surface area contributed by atoms with Gasteiger partial charge in [-0.25, -0.2) is 4.98 Å². The topological polar surface area (TPSA) is 112 Å². The molecule has 0 aliphatic carbocycles. The smallest absolute Gasteiger partial charge is 0.274 e. The van der Waals surface area contributed by atoms with Gasteiger partial charge >= 0.3 is 0 Å². The molecule has 0 radical (unpaired) electrons. The van der Waals surface area contributed by atoms with Crippen LogP contribution >= 0.6 is 0 Å². The Morgan fingerprint density at radius 3 is 2.77 bits per heavy atom. The molecular weight excluding hydrogens is 446 g/mol. The third-order valence-corrected chi connectivity index (χ3v) is 6.16. The van der Waals surface area contributed by atoms with Crippen molar-refractivity contribution >= 4 is 17.2 Å². The first-order chi connectivity index (χ1) is 16.9. The number of carbonyl (C=O) groups excluding carboxylic acids is 1. The lowest BCUT2D eigenvalue weighted by Gasteiger charge is -2.30.